The van der Waals surface area contributed by atoms with Gasteiger partial charge in [0.15, 0.2) is 0 Å². The van der Waals surface area contributed by atoms with Gasteiger partial charge in [0.1, 0.15) is 0 Å². The quantitative estimate of drug-likeness (QED) is 0.739. The first-order valence-electron chi connectivity index (χ1n) is 6.55. The van der Waals surface area contributed by atoms with Gasteiger partial charge in [-0.3, -0.25) is 4.98 Å². The second-order valence-corrected chi connectivity index (χ2v) is 5.82. The molecule has 1 aromatic heterocycles. The fraction of sp³-hybridized carbons (Fsp3) is 0.118. The Hall–Kier alpha value is -1.87. The van der Waals surface area contributed by atoms with Gasteiger partial charge in [0.05, 0.1) is 5.52 Å². The van der Waals surface area contributed by atoms with Crippen molar-refractivity contribution in [3.8, 4) is 0 Å². The predicted molar refractivity (Wildman–Crippen MR) is 87.9 cm³/mol. The number of benzene rings is 2. The summed E-state index contributed by atoms with van der Waals surface area (Å²) in [5, 5.41) is 4.63. The van der Waals surface area contributed by atoms with Crippen LogP contribution in [0, 0.1) is 6.92 Å². The molecule has 0 fully saturated rings. The molecular formula is C17H15BrN2. The Bertz CT molecular complexity index is 733. The van der Waals surface area contributed by atoms with Crippen molar-refractivity contribution >= 4 is 32.5 Å². The predicted octanol–water partition coefficient (Wildman–Crippen LogP) is 4.92. The van der Waals surface area contributed by atoms with E-state index >= 15 is 0 Å². The van der Waals surface area contributed by atoms with E-state index in [1.165, 1.54) is 16.5 Å². The molecule has 3 heteroatoms. The average molecular weight is 327 g/mol. The molecule has 0 aliphatic carbocycles. The molecule has 0 radical (unpaired) electrons. The van der Waals surface area contributed by atoms with Crippen molar-refractivity contribution in [2.45, 2.75) is 13.5 Å². The van der Waals surface area contributed by atoms with E-state index in [0.29, 0.717) is 0 Å². The van der Waals surface area contributed by atoms with Crippen molar-refractivity contribution in [2.24, 2.45) is 0 Å². The number of halogens is 1. The minimum atomic E-state index is 0.806. The molecule has 0 amide bonds. The Balaban J connectivity index is 1.79. The van der Waals surface area contributed by atoms with E-state index in [1.54, 1.807) is 0 Å². The largest absolute Gasteiger partial charge is 0.381 e. The van der Waals surface area contributed by atoms with Gasteiger partial charge in [-0.05, 0) is 54.4 Å². The van der Waals surface area contributed by atoms with E-state index in [1.807, 2.05) is 12.3 Å². The van der Waals surface area contributed by atoms with Gasteiger partial charge in [-0.15, -0.1) is 0 Å². The standard InChI is InChI=1S/C17H15BrN2/c1-12-7-15(18)10-16(8-12)20-11-13-4-5-17-14(9-13)3-2-6-19-17/h2-10,20H,11H2,1H3. The van der Waals surface area contributed by atoms with Crippen LogP contribution in [0.25, 0.3) is 10.9 Å². The smallest absolute Gasteiger partial charge is 0.0702 e. The fourth-order valence-electron chi connectivity index (χ4n) is 2.28. The second-order valence-electron chi connectivity index (χ2n) is 4.90. The minimum Gasteiger partial charge on any atom is -0.381 e. The van der Waals surface area contributed by atoms with Crippen LogP contribution in [0.1, 0.15) is 11.1 Å². The molecule has 0 aliphatic rings. The molecule has 0 saturated heterocycles. The highest BCUT2D eigenvalue weighted by atomic mass is 79.9. The lowest BCUT2D eigenvalue weighted by molar-refractivity contribution is 1.15. The average Bonchev–Trinajstić information content (AvgIpc) is 2.44. The molecule has 0 unspecified atom stereocenters. The summed E-state index contributed by atoms with van der Waals surface area (Å²) in [6, 6.07) is 16.8. The highest BCUT2D eigenvalue weighted by molar-refractivity contribution is 9.10. The van der Waals surface area contributed by atoms with Crippen molar-refractivity contribution < 1.29 is 0 Å². The summed E-state index contributed by atoms with van der Waals surface area (Å²) in [5.41, 5.74) is 4.66. The van der Waals surface area contributed by atoms with Crippen LogP contribution in [0.15, 0.2) is 59.2 Å². The van der Waals surface area contributed by atoms with E-state index in [2.05, 4.69) is 75.6 Å². The van der Waals surface area contributed by atoms with Gasteiger partial charge < -0.3 is 5.32 Å². The number of fused-ring (bicyclic) bond motifs is 1. The van der Waals surface area contributed by atoms with E-state index in [-0.39, 0.29) is 0 Å². The number of nitrogens with one attached hydrogen (secondary N) is 1. The van der Waals surface area contributed by atoms with Gasteiger partial charge in [-0.25, -0.2) is 0 Å². The first kappa shape index (κ1) is 13.1. The molecule has 3 rings (SSSR count). The summed E-state index contributed by atoms with van der Waals surface area (Å²) < 4.78 is 1.10. The molecule has 1 heterocycles. The fourth-order valence-corrected chi connectivity index (χ4v) is 2.89. The van der Waals surface area contributed by atoms with Crippen molar-refractivity contribution in [3.63, 3.8) is 0 Å². The van der Waals surface area contributed by atoms with Crippen LogP contribution in [0.3, 0.4) is 0 Å². The van der Waals surface area contributed by atoms with Gasteiger partial charge in [0, 0.05) is 28.3 Å². The van der Waals surface area contributed by atoms with E-state index in [4.69, 9.17) is 0 Å². The molecule has 100 valence electrons. The van der Waals surface area contributed by atoms with Crippen molar-refractivity contribution in [1.82, 2.24) is 4.98 Å². The number of pyridine rings is 1. The van der Waals surface area contributed by atoms with Crippen LogP contribution in [0.2, 0.25) is 0 Å². The maximum atomic E-state index is 4.34. The van der Waals surface area contributed by atoms with Crippen LogP contribution >= 0.6 is 15.9 Å². The van der Waals surface area contributed by atoms with Gasteiger partial charge in [0.2, 0.25) is 0 Å². The normalized spacial score (nSPS) is 10.7. The molecule has 0 saturated carbocycles. The summed E-state index contributed by atoms with van der Waals surface area (Å²) in [4.78, 5) is 4.34. The molecule has 0 aliphatic heterocycles. The number of anilines is 1. The van der Waals surface area contributed by atoms with Crippen LogP contribution in [-0.2, 0) is 6.54 Å². The summed E-state index contributed by atoms with van der Waals surface area (Å²) in [5.74, 6) is 0. The molecule has 0 bridgehead atoms. The highest BCUT2D eigenvalue weighted by Gasteiger charge is 1.99. The third-order valence-electron chi connectivity index (χ3n) is 3.21. The van der Waals surface area contributed by atoms with E-state index in [0.717, 1.165) is 22.2 Å². The molecular weight excluding hydrogens is 312 g/mol. The number of aromatic nitrogens is 1. The number of aryl methyl sites for hydroxylation is 1. The van der Waals surface area contributed by atoms with Crippen molar-refractivity contribution in [2.75, 3.05) is 5.32 Å². The zero-order chi connectivity index (χ0) is 13.9. The second kappa shape index (κ2) is 5.63. The molecule has 2 nitrogen and oxygen atoms in total. The third kappa shape index (κ3) is 2.99. The molecule has 0 atom stereocenters. The lowest BCUT2D eigenvalue weighted by atomic mass is 10.1. The zero-order valence-electron chi connectivity index (χ0n) is 11.2. The van der Waals surface area contributed by atoms with Gasteiger partial charge in [-0.2, -0.15) is 0 Å². The minimum absolute atomic E-state index is 0.806. The van der Waals surface area contributed by atoms with Gasteiger partial charge in [-0.1, -0.05) is 28.1 Å². The van der Waals surface area contributed by atoms with E-state index < -0.39 is 0 Å². The number of hydrogen-bond acceptors (Lipinski definition) is 2. The lowest BCUT2D eigenvalue weighted by Crippen LogP contribution is -1.99. The van der Waals surface area contributed by atoms with Crippen LogP contribution in [0.4, 0.5) is 5.69 Å². The third-order valence-corrected chi connectivity index (χ3v) is 3.66. The Kier molecular flexibility index (Phi) is 3.70. The number of nitrogens with zero attached hydrogens (tertiary/aromatic N) is 1. The molecule has 1 N–H and O–H groups in total. The Morgan fingerprint density at radius 2 is 2.00 bits per heavy atom. The summed E-state index contributed by atoms with van der Waals surface area (Å²) >= 11 is 3.52. The maximum Gasteiger partial charge on any atom is 0.0702 e. The number of rotatable bonds is 3. The summed E-state index contributed by atoms with van der Waals surface area (Å²) in [7, 11) is 0. The molecule has 20 heavy (non-hydrogen) atoms. The lowest BCUT2D eigenvalue weighted by Gasteiger charge is -2.09. The Morgan fingerprint density at radius 1 is 1.10 bits per heavy atom. The molecule has 3 aromatic rings. The summed E-state index contributed by atoms with van der Waals surface area (Å²) in [6.07, 6.45) is 1.82. The SMILES string of the molecule is Cc1cc(Br)cc(NCc2ccc3ncccc3c2)c1. The molecule has 2 aromatic carbocycles. The first-order valence-corrected chi connectivity index (χ1v) is 7.35. The van der Waals surface area contributed by atoms with Crippen LogP contribution in [0.5, 0.6) is 0 Å². The van der Waals surface area contributed by atoms with Crippen LogP contribution < -0.4 is 5.32 Å². The van der Waals surface area contributed by atoms with Crippen molar-refractivity contribution in [3.05, 3.63) is 70.3 Å². The maximum absolute atomic E-state index is 4.34. The monoisotopic (exact) mass is 326 g/mol. The summed E-state index contributed by atoms with van der Waals surface area (Å²) in [6.45, 7) is 2.90. The van der Waals surface area contributed by atoms with Gasteiger partial charge in [0.25, 0.3) is 0 Å². The Morgan fingerprint density at radius 3 is 2.85 bits per heavy atom. The number of hydrogen-bond donors (Lipinski definition) is 1. The van der Waals surface area contributed by atoms with Crippen molar-refractivity contribution in [1.29, 1.82) is 0 Å². The first-order chi connectivity index (χ1) is 9.70. The van der Waals surface area contributed by atoms with Gasteiger partial charge >= 0.3 is 0 Å². The molecule has 0 spiro atoms. The topological polar surface area (TPSA) is 24.9 Å². The highest BCUT2D eigenvalue weighted by Crippen LogP contribution is 2.20. The van der Waals surface area contributed by atoms with E-state index in [9.17, 15) is 0 Å². The zero-order valence-corrected chi connectivity index (χ0v) is 12.8. The van der Waals surface area contributed by atoms with Crippen LogP contribution in [-0.4, -0.2) is 4.98 Å². The Labute approximate surface area is 127 Å².